The van der Waals surface area contributed by atoms with Crippen LogP contribution in [0.25, 0.3) is 0 Å². The molecule has 1 aromatic carbocycles. The molecule has 0 aliphatic heterocycles. The molecule has 0 N–H and O–H groups in total. The summed E-state index contributed by atoms with van der Waals surface area (Å²) in [6, 6.07) is 6.11. The van der Waals surface area contributed by atoms with Gasteiger partial charge in [-0.15, -0.1) is 11.3 Å². The quantitative estimate of drug-likeness (QED) is 0.393. The predicted molar refractivity (Wildman–Crippen MR) is 86.7 cm³/mol. The molecular weight excluding hydrogens is 485 g/mol. The van der Waals surface area contributed by atoms with Crippen LogP contribution in [-0.4, -0.2) is 0 Å². The van der Waals surface area contributed by atoms with Crippen molar-refractivity contribution in [3.63, 3.8) is 0 Å². The number of hydrogen-bond acceptors (Lipinski definition) is 1. The van der Waals surface area contributed by atoms with E-state index in [0.717, 1.165) is 20.3 Å². The van der Waals surface area contributed by atoms with Crippen molar-refractivity contribution in [1.29, 1.82) is 0 Å². The smallest absolute Gasteiger partial charge is 0.166 e. The zero-order valence-corrected chi connectivity index (χ0v) is 15.6. The second-order valence-electron chi connectivity index (χ2n) is 4.20. The number of rotatable bonds is 2. The molecule has 0 fully saturated rings. The highest BCUT2D eigenvalue weighted by Gasteiger charge is 2.35. The Morgan fingerprint density at radius 2 is 1.80 bits per heavy atom. The lowest BCUT2D eigenvalue weighted by molar-refractivity contribution is -0.138. The van der Waals surface area contributed by atoms with E-state index in [-0.39, 0.29) is 5.56 Å². The molecular formula is C13H8Br3F3S. The van der Waals surface area contributed by atoms with Crippen molar-refractivity contribution in [2.75, 3.05) is 0 Å². The SMILES string of the molecule is Cc1cc(C(Br)c2ccc(Br)cc2C(F)(F)F)sc1Br. The minimum Gasteiger partial charge on any atom is -0.166 e. The van der Waals surface area contributed by atoms with Gasteiger partial charge in [-0.05, 0) is 52.2 Å². The van der Waals surface area contributed by atoms with Gasteiger partial charge in [-0.1, -0.05) is 37.9 Å². The zero-order chi connectivity index (χ0) is 15.1. The highest BCUT2D eigenvalue weighted by molar-refractivity contribution is 9.11. The lowest BCUT2D eigenvalue weighted by Crippen LogP contribution is -2.10. The van der Waals surface area contributed by atoms with E-state index in [9.17, 15) is 13.2 Å². The molecule has 2 aromatic rings. The van der Waals surface area contributed by atoms with E-state index >= 15 is 0 Å². The first-order valence-electron chi connectivity index (χ1n) is 5.46. The van der Waals surface area contributed by atoms with E-state index < -0.39 is 16.6 Å². The molecule has 0 aliphatic carbocycles. The average Bonchev–Trinajstić information content (AvgIpc) is 2.67. The van der Waals surface area contributed by atoms with Crippen molar-refractivity contribution in [3.05, 3.63) is 54.1 Å². The van der Waals surface area contributed by atoms with E-state index in [1.54, 1.807) is 6.07 Å². The van der Waals surface area contributed by atoms with Gasteiger partial charge in [0.25, 0.3) is 0 Å². The molecule has 0 bridgehead atoms. The highest BCUT2D eigenvalue weighted by Crippen LogP contribution is 2.44. The second-order valence-corrected chi connectivity index (χ2v) is 8.43. The van der Waals surface area contributed by atoms with Crippen LogP contribution in [0.2, 0.25) is 0 Å². The first-order valence-corrected chi connectivity index (χ1v) is 8.78. The van der Waals surface area contributed by atoms with Gasteiger partial charge < -0.3 is 0 Å². The third-order valence-electron chi connectivity index (χ3n) is 2.72. The van der Waals surface area contributed by atoms with Gasteiger partial charge >= 0.3 is 6.18 Å². The van der Waals surface area contributed by atoms with Crippen LogP contribution in [0.5, 0.6) is 0 Å². The van der Waals surface area contributed by atoms with E-state index in [0.29, 0.717) is 4.47 Å². The van der Waals surface area contributed by atoms with Crippen LogP contribution in [0.1, 0.15) is 26.4 Å². The number of aryl methyl sites for hydroxylation is 1. The van der Waals surface area contributed by atoms with Crippen molar-refractivity contribution >= 4 is 59.1 Å². The Kier molecular flexibility index (Phi) is 5.04. The first kappa shape index (κ1) is 16.5. The maximum absolute atomic E-state index is 13.1. The summed E-state index contributed by atoms with van der Waals surface area (Å²) in [6.45, 7) is 1.91. The second kappa shape index (κ2) is 6.10. The summed E-state index contributed by atoms with van der Waals surface area (Å²) >= 11 is 11.3. The van der Waals surface area contributed by atoms with Gasteiger partial charge in [-0.2, -0.15) is 13.2 Å². The lowest BCUT2D eigenvalue weighted by atomic mass is 10.0. The zero-order valence-electron chi connectivity index (χ0n) is 10.1. The van der Waals surface area contributed by atoms with Crippen LogP contribution in [0.3, 0.4) is 0 Å². The van der Waals surface area contributed by atoms with Crippen molar-refractivity contribution in [2.45, 2.75) is 17.9 Å². The Morgan fingerprint density at radius 1 is 1.15 bits per heavy atom. The first-order chi connectivity index (χ1) is 9.20. The van der Waals surface area contributed by atoms with E-state index in [2.05, 4.69) is 47.8 Å². The summed E-state index contributed by atoms with van der Waals surface area (Å²) in [7, 11) is 0. The molecule has 1 heterocycles. The Labute approximate surface area is 143 Å². The van der Waals surface area contributed by atoms with Gasteiger partial charge in [-0.3, -0.25) is 0 Å². The monoisotopic (exact) mass is 490 g/mol. The largest absolute Gasteiger partial charge is 0.416 e. The number of halogens is 6. The Bertz CT molecular complexity index is 615. The molecule has 0 amide bonds. The summed E-state index contributed by atoms with van der Waals surface area (Å²) in [5.41, 5.74) is 0.602. The Balaban J connectivity index is 2.52. The molecule has 2 rings (SSSR count). The third kappa shape index (κ3) is 3.48. The highest BCUT2D eigenvalue weighted by atomic mass is 79.9. The van der Waals surface area contributed by atoms with Crippen LogP contribution in [0.15, 0.2) is 32.5 Å². The van der Waals surface area contributed by atoms with Crippen LogP contribution in [-0.2, 0) is 6.18 Å². The molecule has 1 aromatic heterocycles. The summed E-state index contributed by atoms with van der Waals surface area (Å²) in [4.78, 5) is 0.351. The van der Waals surface area contributed by atoms with Gasteiger partial charge in [-0.25, -0.2) is 0 Å². The summed E-state index contributed by atoms with van der Waals surface area (Å²) in [5.74, 6) is 0. The van der Waals surface area contributed by atoms with Crippen LogP contribution in [0.4, 0.5) is 13.2 Å². The molecule has 0 spiro atoms. The minimum atomic E-state index is -4.38. The molecule has 0 aliphatic rings. The molecule has 1 unspecified atom stereocenters. The van der Waals surface area contributed by atoms with Crippen molar-refractivity contribution in [3.8, 4) is 0 Å². The molecule has 20 heavy (non-hydrogen) atoms. The fourth-order valence-corrected chi connectivity index (χ4v) is 4.50. The standard InChI is InChI=1S/C13H8Br3F3S/c1-6-4-10(20-12(6)16)11(15)8-3-2-7(14)5-9(8)13(17,18)19/h2-5,11H,1H3. The maximum atomic E-state index is 13.1. The van der Waals surface area contributed by atoms with Crippen LogP contribution in [0, 0.1) is 6.92 Å². The molecule has 0 radical (unpaired) electrons. The van der Waals surface area contributed by atoms with Crippen molar-refractivity contribution in [2.24, 2.45) is 0 Å². The van der Waals surface area contributed by atoms with Crippen LogP contribution >= 0.6 is 59.1 Å². The van der Waals surface area contributed by atoms with Crippen molar-refractivity contribution in [1.82, 2.24) is 0 Å². The number of hydrogen-bond donors (Lipinski definition) is 0. The van der Waals surface area contributed by atoms with Gasteiger partial charge in [0.05, 0.1) is 14.2 Å². The molecule has 0 nitrogen and oxygen atoms in total. The molecule has 0 saturated carbocycles. The van der Waals surface area contributed by atoms with Gasteiger partial charge in [0.15, 0.2) is 0 Å². The number of benzene rings is 1. The maximum Gasteiger partial charge on any atom is 0.416 e. The summed E-state index contributed by atoms with van der Waals surface area (Å²) in [6.07, 6.45) is -4.38. The lowest BCUT2D eigenvalue weighted by Gasteiger charge is -2.16. The van der Waals surface area contributed by atoms with E-state index in [1.807, 2.05) is 13.0 Å². The fraction of sp³-hybridized carbons (Fsp3) is 0.231. The molecule has 0 saturated heterocycles. The number of thiophene rings is 1. The molecule has 108 valence electrons. The summed E-state index contributed by atoms with van der Waals surface area (Å²) in [5, 5.41) is 0. The Hall–Kier alpha value is 0.150. The summed E-state index contributed by atoms with van der Waals surface area (Å²) < 4.78 is 40.8. The topological polar surface area (TPSA) is 0 Å². The van der Waals surface area contributed by atoms with Crippen molar-refractivity contribution < 1.29 is 13.2 Å². The third-order valence-corrected chi connectivity index (χ3v) is 6.70. The minimum absolute atomic E-state index is 0.217. The van der Waals surface area contributed by atoms with E-state index in [1.165, 1.54) is 17.4 Å². The van der Waals surface area contributed by atoms with Gasteiger partial charge in [0.1, 0.15) is 0 Å². The average molecular weight is 493 g/mol. The fourth-order valence-electron chi connectivity index (χ4n) is 1.76. The number of alkyl halides is 4. The molecule has 1 atom stereocenters. The van der Waals surface area contributed by atoms with Gasteiger partial charge in [0.2, 0.25) is 0 Å². The van der Waals surface area contributed by atoms with E-state index in [4.69, 9.17) is 0 Å². The van der Waals surface area contributed by atoms with Gasteiger partial charge in [0, 0.05) is 9.35 Å². The molecule has 7 heteroatoms. The van der Waals surface area contributed by atoms with Crippen LogP contribution < -0.4 is 0 Å². The predicted octanol–water partition coefficient (Wildman–Crippen LogP) is 7.08. The normalized spacial score (nSPS) is 13.6. The Morgan fingerprint density at radius 3 is 2.30 bits per heavy atom.